The zero-order valence-electron chi connectivity index (χ0n) is 10.0. The minimum absolute atomic E-state index is 0.0267. The topological polar surface area (TPSA) is 49.3 Å². The van der Waals surface area contributed by atoms with Crippen molar-refractivity contribution in [2.75, 3.05) is 6.54 Å². The lowest BCUT2D eigenvalue weighted by Crippen LogP contribution is -2.39. The molecule has 1 aliphatic rings. The molecule has 0 saturated heterocycles. The van der Waals surface area contributed by atoms with E-state index in [9.17, 15) is 18.7 Å². The molecule has 1 atom stereocenters. The van der Waals surface area contributed by atoms with Gasteiger partial charge in [-0.05, 0) is 25.8 Å². The van der Waals surface area contributed by atoms with Crippen molar-refractivity contribution in [1.82, 2.24) is 5.32 Å². The maximum absolute atomic E-state index is 13.5. The molecule has 1 saturated carbocycles. The lowest BCUT2D eigenvalue weighted by molar-refractivity contribution is -0.123. The molecule has 1 aromatic rings. The largest absolute Gasteiger partial charge is 0.383 e. The molecule has 1 aliphatic carbocycles. The average Bonchev–Trinajstić information content (AvgIpc) is 3.09. The summed E-state index contributed by atoms with van der Waals surface area (Å²) in [5, 5.41) is 12.7. The molecule has 0 aliphatic heterocycles. The van der Waals surface area contributed by atoms with Gasteiger partial charge in [-0.15, -0.1) is 0 Å². The Morgan fingerprint density at radius 3 is 2.72 bits per heavy atom. The average molecular weight is 255 g/mol. The second kappa shape index (κ2) is 4.65. The molecule has 2 N–H and O–H groups in total. The molecule has 1 amide bonds. The molecule has 0 radical (unpaired) electrons. The third kappa shape index (κ3) is 2.85. The first-order chi connectivity index (χ1) is 8.40. The van der Waals surface area contributed by atoms with E-state index in [1.54, 1.807) is 0 Å². The molecule has 5 heteroatoms. The van der Waals surface area contributed by atoms with Crippen LogP contribution in [0.3, 0.4) is 0 Å². The van der Waals surface area contributed by atoms with E-state index >= 15 is 0 Å². The molecule has 3 nitrogen and oxygen atoms in total. The van der Waals surface area contributed by atoms with Crippen LogP contribution >= 0.6 is 0 Å². The van der Waals surface area contributed by atoms with Crippen LogP contribution in [0.2, 0.25) is 0 Å². The first-order valence-electron chi connectivity index (χ1n) is 5.86. The lowest BCUT2D eigenvalue weighted by atomic mass is 9.95. The molecule has 1 unspecified atom stereocenters. The van der Waals surface area contributed by atoms with Crippen LogP contribution in [0.15, 0.2) is 18.2 Å². The number of nitrogens with one attached hydrogen (secondary N) is 1. The zero-order chi connectivity index (χ0) is 13.3. The van der Waals surface area contributed by atoms with Gasteiger partial charge in [-0.1, -0.05) is 6.07 Å². The van der Waals surface area contributed by atoms with E-state index in [-0.39, 0.29) is 23.9 Å². The van der Waals surface area contributed by atoms with Crippen LogP contribution in [0.4, 0.5) is 8.78 Å². The molecular weight excluding hydrogens is 240 g/mol. The highest BCUT2D eigenvalue weighted by Crippen LogP contribution is 2.29. The number of carbonyl (C=O) groups excluding carboxylic acids is 1. The van der Waals surface area contributed by atoms with Crippen molar-refractivity contribution in [3.63, 3.8) is 0 Å². The standard InChI is InChI=1S/C13H15F2NO2/c1-13(18,7-16-12(17)8-2-3-8)10-5-4-9(14)6-11(10)15/h4-6,8,18H,2-3,7H2,1H3,(H,16,17). The second-order valence-electron chi connectivity index (χ2n) is 4.89. The van der Waals surface area contributed by atoms with Crippen LogP contribution < -0.4 is 5.32 Å². The van der Waals surface area contributed by atoms with Crippen molar-refractivity contribution in [3.8, 4) is 0 Å². The molecule has 0 bridgehead atoms. The number of aliphatic hydroxyl groups is 1. The molecule has 2 rings (SSSR count). The third-order valence-corrected chi connectivity index (χ3v) is 3.07. The van der Waals surface area contributed by atoms with Crippen molar-refractivity contribution >= 4 is 5.91 Å². The van der Waals surface area contributed by atoms with Crippen LogP contribution in [-0.2, 0) is 10.4 Å². The monoisotopic (exact) mass is 255 g/mol. The number of hydrogen-bond acceptors (Lipinski definition) is 2. The minimum atomic E-state index is -1.55. The molecule has 0 heterocycles. The summed E-state index contributed by atoms with van der Waals surface area (Å²) in [5.74, 6) is -1.62. The summed E-state index contributed by atoms with van der Waals surface area (Å²) < 4.78 is 26.3. The fourth-order valence-electron chi connectivity index (χ4n) is 1.77. The summed E-state index contributed by atoms with van der Waals surface area (Å²) in [5.41, 5.74) is -1.58. The van der Waals surface area contributed by atoms with E-state index < -0.39 is 17.2 Å². The lowest BCUT2D eigenvalue weighted by Gasteiger charge is -2.24. The van der Waals surface area contributed by atoms with Gasteiger partial charge in [-0.2, -0.15) is 0 Å². The van der Waals surface area contributed by atoms with E-state index in [2.05, 4.69) is 5.32 Å². The van der Waals surface area contributed by atoms with Gasteiger partial charge in [0.2, 0.25) is 5.91 Å². The van der Waals surface area contributed by atoms with Gasteiger partial charge < -0.3 is 10.4 Å². The summed E-state index contributed by atoms with van der Waals surface area (Å²) in [7, 11) is 0. The van der Waals surface area contributed by atoms with E-state index in [1.165, 1.54) is 13.0 Å². The van der Waals surface area contributed by atoms with Crippen molar-refractivity contribution in [3.05, 3.63) is 35.4 Å². The SMILES string of the molecule is CC(O)(CNC(=O)C1CC1)c1ccc(F)cc1F. The summed E-state index contributed by atoms with van der Waals surface area (Å²) in [6, 6.07) is 2.98. The quantitative estimate of drug-likeness (QED) is 0.860. The van der Waals surface area contributed by atoms with Gasteiger partial charge in [0.25, 0.3) is 0 Å². The summed E-state index contributed by atoms with van der Waals surface area (Å²) in [4.78, 5) is 11.4. The third-order valence-electron chi connectivity index (χ3n) is 3.07. The summed E-state index contributed by atoms with van der Waals surface area (Å²) >= 11 is 0. The van der Waals surface area contributed by atoms with Crippen molar-refractivity contribution in [1.29, 1.82) is 0 Å². The van der Waals surface area contributed by atoms with Crippen LogP contribution in [0.25, 0.3) is 0 Å². The van der Waals surface area contributed by atoms with Crippen LogP contribution in [0, 0.1) is 17.6 Å². The van der Waals surface area contributed by atoms with Crippen molar-refractivity contribution in [2.45, 2.75) is 25.4 Å². The maximum Gasteiger partial charge on any atom is 0.223 e. The Kier molecular flexibility index (Phi) is 3.34. The van der Waals surface area contributed by atoms with Crippen LogP contribution in [-0.4, -0.2) is 17.6 Å². The number of amides is 1. The molecule has 98 valence electrons. The number of rotatable bonds is 4. The van der Waals surface area contributed by atoms with Gasteiger partial charge in [0.05, 0.1) is 6.54 Å². The molecule has 1 fully saturated rings. The van der Waals surface area contributed by atoms with Gasteiger partial charge in [0.15, 0.2) is 0 Å². The highest BCUT2D eigenvalue weighted by Gasteiger charge is 2.32. The second-order valence-corrected chi connectivity index (χ2v) is 4.89. The Morgan fingerprint density at radius 2 is 2.17 bits per heavy atom. The Bertz CT molecular complexity index is 470. The highest BCUT2D eigenvalue weighted by molar-refractivity contribution is 5.80. The fourth-order valence-corrected chi connectivity index (χ4v) is 1.77. The zero-order valence-corrected chi connectivity index (χ0v) is 10.0. The summed E-state index contributed by atoms with van der Waals surface area (Å²) in [6.07, 6.45) is 1.72. The molecule has 18 heavy (non-hydrogen) atoms. The van der Waals surface area contributed by atoms with E-state index in [4.69, 9.17) is 0 Å². The van der Waals surface area contributed by atoms with Crippen LogP contribution in [0.1, 0.15) is 25.3 Å². The van der Waals surface area contributed by atoms with Gasteiger partial charge in [-0.25, -0.2) is 8.78 Å². The first kappa shape index (κ1) is 13.0. The smallest absolute Gasteiger partial charge is 0.223 e. The van der Waals surface area contributed by atoms with Gasteiger partial charge in [0.1, 0.15) is 17.2 Å². The Hall–Kier alpha value is -1.49. The van der Waals surface area contributed by atoms with E-state index in [0.717, 1.165) is 18.9 Å². The van der Waals surface area contributed by atoms with Gasteiger partial charge >= 0.3 is 0 Å². The number of benzene rings is 1. The van der Waals surface area contributed by atoms with Crippen molar-refractivity contribution in [2.24, 2.45) is 5.92 Å². The predicted molar refractivity (Wildman–Crippen MR) is 61.7 cm³/mol. The van der Waals surface area contributed by atoms with Crippen molar-refractivity contribution < 1.29 is 18.7 Å². The number of hydrogen-bond donors (Lipinski definition) is 2. The fraction of sp³-hybridized carbons (Fsp3) is 0.462. The van der Waals surface area contributed by atoms with Crippen LogP contribution in [0.5, 0.6) is 0 Å². The van der Waals surface area contributed by atoms with E-state index in [0.29, 0.717) is 6.07 Å². The number of halogens is 2. The Morgan fingerprint density at radius 1 is 1.50 bits per heavy atom. The Labute approximate surface area is 104 Å². The number of carbonyl (C=O) groups is 1. The Balaban J connectivity index is 2.06. The molecule has 0 aromatic heterocycles. The van der Waals surface area contributed by atoms with Gasteiger partial charge in [0, 0.05) is 17.5 Å². The molecule has 1 aromatic carbocycles. The minimum Gasteiger partial charge on any atom is -0.383 e. The molecule has 0 spiro atoms. The maximum atomic E-state index is 13.5. The normalized spacial score (nSPS) is 18.2. The van der Waals surface area contributed by atoms with E-state index in [1.807, 2.05) is 0 Å². The van der Waals surface area contributed by atoms with Gasteiger partial charge in [-0.3, -0.25) is 4.79 Å². The molecular formula is C13H15F2NO2. The first-order valence-corrected chi connectivity index (χ1v) is 5.86. The highest BCUT2D eigenvalue weighted by atomic mass is 19.1. The summed E-state index contributed by atoms with van der Waals surface area (Å²) in [6.45, 7) is 1.29. The predicted octanol–water partition coefficient (Wildman–Crippen LogP) is 1.70.